The lowest BCUT2D eigenvalue weighted by molar-refractivity contribution is 0.630. The number of hydrogen-bond donors (Lipinski definition) is 0. The highest BCUT2D eigenvalue weighted by atomic mass is 32.1. The highest BCUT2D eigenvalue weighted by Crippen LogP contribution is 2.18. The Morgan fingerprint density at radius 1 is 1.36 bits per heavy atom. The summed E-state index contributed by atoms with van der Waals surface area (Å²) in [5.41, 5.74) is 0.727. The summed E-state index contributed by atoms with van der Waals surface area (Å²) in [6.07, 6.45) is 0. The third-order valence-electron chi connectivity index (χ3n) is 1.57. The summed E-state index contributed by atoms with van der Waals surface area (Å²) < 4.78 is 13.5. The van der Waals surface area contributed by atoms with Crippen molar-refractivity contribution in [3.63, 3.8) is 0 Å². The minimum atomic E-state index is -0.209. The molecule has 0 N–H and O–H groups in total. The number of fused-ring (bicyclic) bond motifs is 1. The normalized spacial score (nSPS) is 10.6. The topological polar surface area (TPSA) is 0 Å². The fourth-order valence-corrected chi connectivity index (χ4v) is 1.90. The van der Waals surface area contributed by atoms with Crippen LogP contribution in [0.15, 0.2) is 23.6 Å². The first-order valence-electron chi connectivity index (χ1n) is 3.19. The molecule has 3 heteroatoms. The second-order valence-electron chi connectivity index (χ2n) is 2.33. The molecule has 0 aliphatic carbocycles. The van der Waals surface area contributed by atoms with Crippen molar-refractivity contribution >= 4 is 34.7 Å². The van der Waals surface area contributed by atoms with E-state index in [1.54, 1.807) is 6.07 Å². The lowest BCUT2D eigenvalue weighted by atomic mass is 9.96. The first-order chi connectivity index (χ1) is 5.27. The zero-order chi connectivity index (χ0) is 7.84. The van der Waals surface area contributed by atoms with Crippen LogP contribution < -0.4 is 5.46 Å². The zero-order valence-corrected chi connectivity index (χ0v) is 6.49. The molecule has 2 radical (unpaired) electrons. The van der Waals surface area contributed by atoms with Crippen LogP contribution in [0.2, 0.25) is 0 Å². The standard InChI is InChI=1S/C8H4BFS/c9-7-4-11-8-3-5(10)1-2-6(7)8/h1-4H. The van der Waals surface area contributed by atoms with Gasteiger partial charge >= 0.3 is 0 Å². The summed E-state index contributed by atoms with van der Waals surface area (Å²) in [6, 6.07) is 4.62. The molecule has 0 unspecified atom stereocenters. The van der Waals surface area contributed by atoms with E-state index in [9.17, 15) is 4.39 Å². The van der Waals surface area contributed by atoms with Gasteiger partial charge in [-0.25, -0.2) is 4.39 Å². The van der Waals surface area contributed by atoms with Gasteiger partial charge in [0.15, 0.2) is 0 Å². The Balaban J connectivity index is 2.86. The molecule has 0 nitrogen and oxygen atoms in total. The molecule has 0 aliphatic rings. The number of hydrogen-bond acceptors (Lipinski definition) is 1. The first-order valence-corrected chi connectivity index (χ1v) is 4.07. The van der Waals surface area contributed by atoms with Gasteiger partial charge in [-0.3, -0.25) is 0 Å². The van der Waals surface area contributed by atoms with Crippen LogP contribution in [0.5, 0.6) is 0 Å². The van der Waals surface area contributed by atoms with Gasteiger partial charge in [0.05, 0.1) is 0 Å². The highest BCUT2D eigenvalue weighted by Gasteiger charge is 1.99. The first kappa shape index (κ1) is 6.86. The van der Waals surface area contributed by atoms with E-state index in [2.05, 4.69) is 0 Å². The smallest absolute Gasteiger partial charge is 0.124 e. The van der Waals surface area contributed by atoms with Crippen LogP contribution in [0, 0.1) is 5.82 Å². The SMILES string of the molecule is [B]c1csc2cc(F)ccc12. The third kappa shape index (κ3) is 1.05. The molecule has 1 aromatic carbocycles. The van der Waals surface area contributed by atoms with Crippen LogP contribution in [0.1, 0.15) is 0 Å². The largest absolute Gasteiger partial charge is 0.207 e. The van der Waals surface area contributed by atoms with E-state index in [1.165, 1.54) is 23.5 Å². The van der Waals surface area contributed by atoms with Crippen molar-refractivity contribution in [3.8, 4) is 0 Å². The maximum absolute atomic E-state index is 12.6. The molecule has 1 heterocycles. The molecular weight excluding hydrogens is 158 g/mol. The minimum Gasteiger partial charge on any atom is -0.207 e. The Morgan fingerprint density at radius 2 is 2.18 bits per heavy atom. The predicted molar refractivity (Wildman–Crippen MR) is 47.2 cm³/mol. The van der Waals surface area contributed by atoms with Gasteiger partial charge in [0, 0.05) is 4.70 Å². The Bertz CT molecular complexity index is 394. The molecule has 2 aromatic rings. The fourth-order valence-electron chi connectivity index (χ4n) is 1.02. The molecule has 0 saturated carbocycles. The molecule has 0 fully saturated rings. The van der Waals surface area contributed by atoms with Crippen molar-refractivity contribution in [2.45, 2.75) is 0 Å². The Kier molecular flexibility index (Phi) is 1.46. The van der Waals surface area contributed by atoms with Gasteiger partial charge in [-0.05, 0) is 22.9 Å². The molecule has 1 aromatic heterocycles. The Hall–Kier alpha value is -0.825. The fraction of sp³-hybridized carbons (Fsp3) is 0. The van der Waals surface area contributed by atoms with Gasteiger partial charge in [-0.2, -0.15) is 0 Å². The van der Waals surface area contributed by atoms with E-state index in [4.69, 9.17) is 7.85 Å². The molecule has 52 valence electrons. The van der Waals surface area contributed by atoms with Crippen molar-refractivity contribution in [2.24, 2.45) is 0 Å². The van der Waals surface area contributed by atoms with Crippen molar-refractivity contribution in [1.82, 2.24) is 0 Å². The Morgan fingerprint density at radius 3 is 3.00 bits per heavy atom. The zero-order valence-electron chi connectivity index (χ0n) is 5.67. The molecule has 11 heavy (non-hydrogen) atoms. The molecule has 0 aliphatic heterocycles. The van der Waals surface area contributed by atoms with Crippen molar-refractivity contribution in [1.29, 1.82) is 0 Å². The highest BCUT2D eigenvalue weighted by molar-refractivity contribution is 7.18. The van der Waals surface area contributed by atoms with E-state index >= 15 is 0 Å². The molecular formula is C8H4BFS. The second-order valence-corrected chi connectivity index (χ2v) is 3.24. The number of halogens is 1. The number of benzene rings is 1. The van der Waals surface area contributed by atoms with Gasteiger partial charge in [-0.1, -0.05) is 11.5 Å². The molecule has 0 atom stereocenters. The van der Waals surface area contributed by atoms with Crippen molar-refractivity contribution in [3.05, 3.63) is 29.4 Å². The quantitative estimate of drug-likeness (QED) is 0.518. The molecule has 0 saturated heterocycles. The van der Waals surface area contributed by atoms with Gasteiger partial charge in [0.25, 0.3) is 0 Å². The van der Waals surface area contributed by atoms with E-state index in [0.717, 1.165) is 15.5 Å². The van der Waals surface area contributed by atoms with E-state index in [1.807, 2.05) is 5.38 Å². The van der Waals surface area contributed by atoms with E-state index < -0.39 is 0 Å². The lowest BCUT2D eigenvalue weighted by Gasteiger charge is -1.90. The van der Waals surface area contributed by atoms with Crippen LogP contribution in [-0.2, 0) is 0 Å². The van der Waals surface area contributed by atoms with Crippen LogP contribution in [0.4, 0.5) is 4.39 Å². The van der Waals surface area contributed by atoms with E-state index in [-0.39, 0.29) is 5.82 Å². The summed E-state index contributed by atoms with van der Waals surface area (Å²) in [7, 11) is 5.61. The molecule has 0 bridgehead atoms. The van der Waals surface area contributed by atoms with Crippen LogP contribution in [-0.4, -0.2) is 7.85 Å². The molecule has 0 amide bonds. The minimum absolute atomic E-state index is 0.209. The van der Waals surface area contributed by atoms with Gasteiger partial charge < -0.3 is 0 Å². The van der Waals surface area contributed by atoms with Crippen LogP contribution in [0.25, 0.3) is 10.1 Å². The monoisotopic (exact) mass is 162 g/mol. The van der Waals surface area contributed by atoms with Gasteiger partial charge in [0.1, 0.15) is 13.7 Å². The van der Waals surface area contributed by atoms with Gasteiger partial charge in [0.2, 0.25) is 0 Å². The third-order valence-corrected chi connectivity index (χ3v) is 2.53. The van der Waals surface area contributed by atoms with Crippen LogP contribution >= 0.6 is 11.3 Å². The summed E-state index contributed by atoms with van der Waals surface area (Å²) in [5, 5.41) is 2.76. The summed E-state index contributed by atoms with van der Waals surface area (Å²) in [4.78, 5) is 0. The molecule has 0 spiro atoms. The van der Waals surface area contributed by atoms with Crippen molar-refractivity contribution in [2.75, 3.05) is 0 Å². The summed E-state index contributed by atoms with van der Waals surface area (Å²) in [5.74, 6) is -0.209. The summed E-state index contributed by atoms with van der Waals surface area (Å²) in [6.45, 7) is 0. The lowest BCUT2D eigenvalue weighted by Crippen LogP contribution is -1.96. The average molecular weight is 162 g/mol. The molecule has 2 rings (SSSR count). The van der Waals surface area contributed by atoms with Crippen molar-refractivity contribution < 1.29 is 4.39 Å². The number of rotatable bonds is 0. The Labute approximate surface area is 69.1 Å². The number of thiophene rings is 1. The second kappa shape index (κ2) is 2.34. The van der Waals surface area contributed by atoms with E-state index in [0.29, 0.717) is 0 Å². The van der Waals surface area contributed by atoms with Gasteiger partial charge in [-0.15, -0.1) is 11.3 Å². The maximum atomic E-state index is 12.6. The van der Waals surface area contributed by atoms with Crippen LogP contribution in [0.3, 0.4) is 0 Å². The average Bonchev–Trinajstić information content (AvgIpc) is 2.32. The maximum Gasteiger partial charge on any atom is 0.124 e. The summed E-state index contributed by atoms with van der Waals surface area (Å²) >= 11 is 1.46. The predicted octanol–water partition coefficient (Wildman–Crippen LogP) is 1.83.